The van der Waals surface area contributed by atoms with E-state index in [0.29, 0.717) is 27.7 Å². The van der Waals surface area contributed by atoms with E-state index in [1.807, 2.05) is 0 Å². The van der Waals surface area contributed by atoms with Crippen molar-refractivity contribution in [2.75, 3.05) is 13.2 Å². The van der Waals surface area contributed by atoms with Crippen LogP contribution in [0, 0.1) is 13.8 Å². The van der Waals surface area contributed by atoms with E-state index in [9.17, 15) is 18.0 Å². The number of nitrogens with one attached hydrogen (secondary N) is 1. The number of nitrogens with zero attached hydrogens (tertiary/aromatic N) is 4. The summed E-state index contributed by atoms with van der Waals surface area (Å²) in [7, 11) is 0. The van der Waals surface area contributed by atoms with Gasteiger partial charge in [-0.1, -0.05) is 17.7 Å². The van der Waals surface area contributed by atoms with Crippen molar-refractivity contribution in [3.8, 4) is 5.75 Å². The molecule has 7 nitrogen and oxygen atoms in total. The molecule has 0 saturated heterocycles. The van der Waals surface area contributed by atoms with E-state index in [4.69, 9.17) is 16.3 Å². The molecular weight excluding hydrogens is 411 g/mol. The number of aryl methyl sites for hydroxylation is 2. The summed E-state index contributed by atoms with van der Waals surface area (Å²) >= 11 is 5.87. The third-order valence-corrected chi connectivity index (χ3v) is 4.36. The van der Waals surface area contributed by atoms with Gasteiger partial charge in [0.05, 0.1) is 13.0 Å². The topological polar surface area (TPSA) is 81.4 Å². The molecule has 1 N–H and O–H groups in total. The zero-order valence-electron chi connectivity index (χ0n) is 15.5. The molecule has 11 heteroatoms. The molecule has 0 bridgehead atoms. The predicted molar refractivity (Wildman–Crippen MR) is 98.9 cm³/mol. The number of benzene rings is 1. The molecule has 0 aliphatic rings. The third-order valence-electron chi connectivity index (χ3n) is 4.13. The molecule has 1 amide bonds. The Morgan fingerprint density at radius 3 is 2.72 bits per heavy atom. The normalized spacial score (nSPS) is 11.7. The highest BCUT2D eigenvalue weighted by molar-refractivity contribution is 6.30. The maximum absolute atomic E-state index is 12.8. The summed E-state index contributed by atoms with van der Waals surface area (Å²) in [6, 6.07) is 6.87. The number of carbonyl (C=O) groups is 1. The van der Waals surface area contributed by atoms with Crippen LogP contribution in [0.15, 0.2) is 24.3 Å². The average Bonchev–Trinajstić information content (AvgIpc) is 3.07. The van der Waals surface area contributed by atoms with Gasteiger partial charge >= 0.3 is 6.18 Å². The van der Waals surface area contributed by atoms with E-state index in [1.54, 1.807) is 38.1 Å². The van der Waals surface area contributed by atoms with Gasteiger partial charge in [-0.2, -0.15) is 18.2 Å². The predicted octanol–water partition coefficient (Wildman–Crippen LogP) is 3.15. The third kappa shape index (κ3) is 4.94. The quantitative estimate of drug-likeness (QED) is 0.611. The van der Waals surface area contributed by atoms with E-state index in [-0.39, 0.29) is 31.3 Å². The first-order valence-corrected chi connectivity index (χ1v) is 8.98. The van der Waals surface area contributed by atoms with Crippen molar-refractivity contribution in [2.24, 2.45) is 0 Å². The Hall–Kier alpha value is -2.88. The van der Waals surface area contributed by atoms with Crippen LogP contribution in [-0.4, -0.2) is 38.6 Å². The van der Waals surface area contributed by atoms with Crippen molar-refractivity contribution >= 4 is 23.3 Å². The second-order valence-corrected chi connectivity index (χ2v) is 6.68. The lowest BCUT2D eigenvalue weighted by Crippen LogP contribution is -2.30. The fourth-order valence-corrected chi connectivity index (χ4v) is 2.90. The van der Waals surface area contributed by atoms with E-state index in [0.717, 1.165) is 4.52 Å². The van der Waals surface area contributed by atoms with Crippen molar-refractivity contribution in [1.82, 2.24) is 24.9 Å². The average molecular weight is 428 g/mol. The molecule has 2 heterocycles. The van der Waals surface area contributed by atoms with Gasteiger partial charge in [0.25, 0.3) is 11.6 Å². The Balaban J connectivity index is 1.63. The van der Waals surface area contributed by atoms with Crippen molar-refractivity contribution in [2.45, 2.75) is 26.4 Å². The zero-order chi connectivity index (χ0) is 21.2. The van der Waals surface area contributed by atoms with Crippen LogP contribution in [-0.2, 0) is 17.4 Å². The van der Waals surface area contributed by atoms with Crippen molar-refractivity contribution in [3.63, 3.8) is 0 Å². The lowest BCUT2D eigenvalue weighted by molar-refractivity contribution is -0.144. The van der Waals surface area contributed by atoms with Crippen molar-refractivity contribution in [3.05, 3.63) is 52.1 Å². The van der Waals surface area contributed by atoms with Gasteiger partial charge in [0, 0.05) is 22.0 Å². The highest BCUT2D eigenvalue weighted by atomic mass is 35.5. The summed E-state index contributed by atoms with van der Waals surface area (Å²) in [5.74, 6) is -1.17. The molecular formula is C18H17ClF3N5O2. The minimum Gasteiger partial charge on any atom is -0.492 e. The summed E-state index contributed by atoms with van der Waals surface area (Å²) < 4.78 is 45.0. The Morgan fingerprint density at radius 2 is 2.03 bits per heavy atom. The van der Waals surface area contributed by atoms with Crippen LogP contribution in [0.3, 0.4) is 0 Å². The maximum Gasteiger partial charge on any atom is 0.453 e. The molecule has 0 saturated carbocycles. The van der Waals surface area contributed by atoms with E-state index >= 15 is 0 Å². The van der Waals surface area contributed by atoms with Crippen LogP contribution >= 0.6 is 11.6 Å². The van der Waals surface area contributed by atoms with Gasteiger partial charge in [-0.3, -0.25) is 4.79 Å². The largest absolute Gasteiger partial charge is 0.492 e. The van der Waals surface area contributed by atoms with E-state index in [1.165, 1.54) is 0 Å². The van der Waals surface area contributed by atoms with Crippen LogP contribution in [0.2, 0.25) is 5.02 Å². The van der Waals surface area contributed by atoms with Crippen LogP contribution in [0.5, 0.6) is 5.75 Å². The summed E-state index contributed by atoms with van der Waals surface area (Å²) in [6.45, 7) is 3.67. The molecule has 2 aromatic heterocycles. The first-order valence-electron chi connectivity index (χ1n) is 8.60. The summed E-state index contributed by atoms with van der Waals surface area (Å²) in [5.41, 5.74) is 1.28. The molecule has 0 unspecified atom stereocenters. The molecule has 0 spiro atoms. The van der Waals surface area contributed by atoms with Gasteiger partial charge in [-0.05, 0) is 32.0 Å². The number of amides is 1. The van der Waals surface area contributed by atoms with E-state index < -0.39 is 12.0 Å². The molecule has 3 rings (SSSR count). The SMILES string of the molecule is Cc1nc2nc(C(F)(F)F)nn2c(C)c1CC(=O)NCCOc1cccc(Cl)c1. The summed E-state index contributed by atoms with van der Waals surface area (Å²) in [4.78, 5) is 19.7. The Labute approximate surface area is 168 Å². The van der Waals surface area contributed by atoms with Gasteiger partial charge < -0.3 is 10.1 Å². The number of fused-ring (bicyclic) bond motifs is 1. The monoisotopic (exact) mass is 427 g/mol. The fraction of sp³-hybridized carbons (Fsp3) is 0.333. The first-order chi connectivity index (χ1) is 13.6. The minimum absolute atomic E-state index is 0.0566. The van der Waals surface area contributed by atoms with Crippen LogP contribution < -0.4 is 10.1 Å². The summed E-state index contributed by atoms with van der Waals surface area (Å²) in [5, 5.41) is 6.71. The molecule has 0 radical (unpaired) electrons. The second-order valence-electron chi connectivity index (χ2n) is 6.24. The number of halogens is 4. The number of hydrogen-bond acceptors (Lipinski definition) is 5. The number of hydrogen-bond donors (Lipinski definition) is 1. The van der Waals surface area contributed by atoms with Crippen LogP contribution in [0.25, 0.3) is 5.78 Å². The molecule has 0 aliphatic carbocycles. The molecule has 0 aliphatic heterocycles. The van der Waals surface area contributed by atoms with Crippen LogP contribution in [0.1, 0.15) is 22.8 Å². The van der Waals surface area contributed by atoms with Gasteiger partial charge in [-0.25, -0.2) is 9.50 Å². The van der Waals surface area contributed by atoms with Gasteiger partial charge in [0.2, 0.25) is 5.91 Å². The van der Waals surface area contributed by atoms with Crippen molar-refractivity contribution in [1.29, 1.82) is 0 Å². The molecule has 29 heavy (non-hydrogen) atoms. The first kappa shape index (κ1) is 20.8. The minimum atomic E-state index is -4.67. The van der Waals surface area contributed by atoms with Crippen molar-refractivity contribution < 1.29 is 22.7 Å². The Morgan fingerprint density at radius 1 is 1.28 bits per heavy atom. The second kappa shape index (κ2) is 8.24. The fourth-order valence-electron chi connectivity index (χ4n) is 2.72. The number of aromatic nitrogens is 4. The summed E-state index contributed by atoms with van der Waals surface area (Å²) in [6.07, 6.45) is -4.73. The number of alkyl halides is 3. The molecule has 154 valence electrons. The highest BCUT2D eigenvalue weighted by Gasteiger charge is 2.37. The molecule has 0 atom stereocenters. The smallest absolute Gasteiger partial charge is 0.453 e. The standard InChI is InChI=1S/C18H17ClF3N5O2/c1-10-14(11(2)27-17(24-10)25-16(26-27)18(20,21)22)9-15(28)23-6-7-29-13-5-3-4-12(19)8-13/h3-5,8H,6-7,9H2,1-2H3,(H,23,28). The number of rotatable bonds is 6. The van der Waals surface area contributed by atoms with Gasteiger partial charge in [0.1, 0.15) is 12.4 Å². The van der Waals surface area contributed by atoms with Gasteiger partial charge in [-0.15, -0.1) is 5.10 Å². The highest BCUT2D eigenvalue weighted by Crippen LogP contribution is 2.27. The Kier molecular flexibility index (Phi) is 5.92. The maximum atomic E-state index is 12.8. The number of carbonyl (C=O) groups excluding carboxylic acids is 1. The molecule has 3 aromatic rings. The zero-order valence-corrected chi connectivity index (χ0v) is 16.3. The van der Waals surface area contributed by atoms with E-state index in [2.05, 4.69) is 20.4 Å². The molecule has 0 fully saturated rings. The van der Waals surface area contributed by atoms with Gasteiger partial charge in [0.15, 0.2) is 0 Å². The molecule has 1 aromatic carbocycles. The Bertz CT molecular complexity index is 1050. The lowest BCUT2D eigenvalue weighted by Gasteiger charge is -2.11. The number of ether oxygens (including phenoxy) is 1. The van der Waals surface area contributed by atoms with Crippen LogP contribution in [0.4, 0.5) is 13.2 Å². The lowest BCUT2D eigenvalue weighted by atomic mass is 10.1.